The van der Waals surface area contributed by atoms with Crippen molar-refractivity contribution >= 4 is 62.7 Å². The van der Waals surface area contributed by atoms with Crippen molar-refractivity contribution in [3.05, 3.63) is 121 Å². The zero-order valence-electron chi connectivity index (χ0n) is 33.2. The standard InChI is InChI=1S/C43H44BrN9O7/c1-49-23-29(19-31(24-49)46-34-21-45-50(2)43(60)37(34)44)26-7-9-28(10-8-26)40(57)52-17-15-51(16-18-52)22-25-3-5-27(6-4-25)38(55)47-30-11-12-32-33(20-30)42(59)53(41(32)58)35-13-14-36(54)48-39(35)56/h3-12,20-21,29,31,35,46H,13-19,22-24H2,1-2H3,(H,47,55)(H,48,54,56)/t29-,31+,35?/m0/s1. The maximum atomic E-state index is 13.5. The summed E-state index contributed by atoms with van der Waals surface area (Å²) >= 11 is 3.41. The van der Waals surface area contributed by atoms with E-state index >= 15 is 0 Å². The number of benzene rings is 3. The number of anilines is 2. The number of carbonyl (C=O) groups excluding carboxylic acids is 6. The quantitative estimate of drug-likeness (QED) is 0.210. The molecule has 0 radical (unpaired) electrons. The third-order valence-corrected chi connectivity index (χ3v) is 12.4. The molecule has 60 heavy (non-hydrogen) atoms. The maximum absolute atomic E-state index is 13.5. The number of piperazine rings is 1. The third kappa shape index (κ3) is 8.37. The molecular formula is C43H44BrN9O7. The number of hydrogen-bond acceptors (Lipinski definition) is 11. The largest absolute Gasteiger partial charge is 0.379 e. The van der Waals surface area contributed by atoms with E-state index in [1.54, 1.807) is 25.4 Å². The molecule has 3 atom stereocenters. The van der Waals surface area contributed by atoms with E-state index in [0.29, 0.717) is 59.7 Å². The molecule has 0 saturated carbocycles. The lowest BCUT2D eigenvalue weighted by atomic mass is 9.87. The van der Waals surface area contributed by atoms with Crippen LogP contribution in [-0.4, -0.2) is 123 Å². The van der Waals surface area contributed by atoms with E-state index in [2.05, 4.69) is 66.0 Å². The molecule has 0 bridgehead atoms. The summed E-state index contributed by atoms with van der Waals surface area (Å²) in [6, 6.07) is 18.6. The van der Waals surface area contributed by atoms with Crippen molar-refractivity contribution < 1.29 is 28.8 Å². The minimum atomic E-state index is -1.07. The highest BCUT2D eigenvalue weighted by Gasteiger charge is 2.44. The summed E-state index contributed by atoms with van der Waals surface area (Å²) in [6.45, 7) is 4.96. The van der Waals surface area contributed by atoms with Crippen molar-refractivity contribution in [1.29, 1.82) is 0 Å². The fourth-order valence-corrected chi connectivity index (χ4v) is 8.93. The highest BCUT2D eigenvalue weighted by Crippen LogP contribution is 2.31. The van der Waals surface area contributed by atoms with Crippen LogP contribution in [-0.2, 0) is 23.2 Å². The fourth-order valence-electron chi connectivity index (χ4n) is 8.46. The number of fused-ring (bicyclic) bond motifs is 1. The number of nitrogens with one attached hydrogen (secondary N) is 3. The zero-order chi connectivity index (χ0) is 42.2. The third-order valence-electron chi connectivity index (χ3n) is 11.7. The highest BCUT2D eigenvalue weighted by atomic mass is 79.9. The summed E-state index contributed by atoms with van der Waals surface area (Å²) in [7, 11) is 3.70. The van der Waals surface area contributed by atoms with Crippen LogP contribution in [0.2, 0.25) is 0 Å². The summed E-state index contributed by atoms with van der Waals surface area (Å²) in [5.74, 6) is -2.53. The van der Waals surface area contributed by atoms with E-state index in [1.807, 2.05) is 29.2 Å². The Morgan fingerprint density at radius 2 is 1.55 bits per heavy atom. The second kappa shape index (κ2) is 16.9. The van der Waals surface area contributed by atoms with Gasteiger partial charge in [-0.3, -0.25) is 48.7 Å². The molecule has 1 unspecified atom stereocenters. The summed E-state index contributed by atoms with van der Waals surface area (Å²) in [6.07, 6.45) is 2.62. The molecule has 5 heterocycles. The molecule has 1 aromatic heterocycles. The molecule has 16 nitrogen and oxygen atoms in total. The van der Waals surface area contributed by atoms with E-state index in [-0.39, 0.29) is 47.4 Å². The van der Waals surface area contributed by atoms with Crippen molar-refractivity contribution in [2.45, 2.75) is 43.8 Å². The average molecular weight is 879 g/mol. The van der Waals surface area contributed by atoms with Gasteiger partial charge >= 0.3 is 0 Å². The van der Waals surface area contributed by atoms with Gasteiger partial charge < -0.3 is 20.4 Å². The van der Waals surface area contributed by atoms with Gasteiger partial charge in [0.05, 0.1) is 23.0 Å². The lowest BCUT2D eigenvalue weighted by molar-refractivity contribution is -0.136. The smallest absolute Gasteiger partial charge is 0.282 e. The second-order valence-electron chi connectivity index (χ2n) is 15.8. The monoisotopic (exact) mass is 877 g/mol. The number of rotatable bonds is 9. The van der Waals surface area contributed by atoms with Gasteiger partial charge in [0.15, 0.2) is 0 Å². The number of carbonyl (C=O) groups is 6. The van der Waals surface area contributed by atoms with E-state index in [1.165, 1.54) is 22.9 Å². The van der Waals surface area contributed by atoms with Crippen LogP contribution in [0.4, 0.5) is 11.4 Å². The van der Waals surface area contributed by atoms with Gasteiger partial charge in [0.25, 0.3) is 29.2 Å². The average Bonchev–Trinajstić information content (AvgIpc) is 3.48. The first-order valence-corrected chi connectivity index (χ1v) is 20.7. The maximum Gasteiger partial charge on any atom is 0.282 e. The molecule has 3 aromatic carbocycles. The SMILES string of the molecule is CN1C[C@H](Nc2cnn(C)c(=O)c2Br)C[C@H](c2ccc(C(=O)N3CCN(Cc4ccc(C(=O)Nc5ccc6c(c5)C(=O)N(C5CCC(=O)NC5=O)C6=O)cc4)CC3)cc2)C1. The Morgan fingerprint density at radius 1 is 0.850 bits per heavy atom. The number of imide groups is 2. The number of hydrogen-bond donors (Lipinski definition) is 3. The van der Waals surface area contributed by atoms with Crippen LogP contribution in [0.15, 0.2) is 82.2 Å². The van der Waals surface area contributed by atoms with E-state index < -0.39 is 35.6 Å². The first-order chi connectivity index (χ1) is 28.8. The van der Waals surface area contributed by atoms with Crippen LogP contribution in [0.1, 0.15) is 77.7 Å². The van der Waals surface area contributed by atoms with Gasteiger partial charge in [-0.15, -0.1) is 0 Å². The predicted octanol–water partition coefficient (Wildman–Crippen LogP) is 3.05. The Labute approximate surface area is 354 Å². The molecule has 6 amide bonds. The number of likely N-dealkylation sites (N-methyl/N-ethyl adjacent to an activating group) is 1. The Bertz CT molecular complexity index is 2450. The molecule has 17 heteroatoms. The van der Waals surface area contributed by atoms with Crippen LogP contribution < -0.4 is 21.5 Å². The molecule has 4 aromatic rings. The minimum Gasteiger partial charge on any atom is -0.379 e. The van der Waals surface area contributed by atoms with Crippen molar-refractivity contribution in [2.75, 3.05) is 56.9 Å². The van der Waals surface area contributed by atoms with Crippen molar-refractivity contribution in [1.82, 2.24) is 34.7 Å². The zero-order valence-corrected chi connectivity index (χ0v) is 34.7. The Balaban J connectivity index is 0.809. The normalized spacial score (nSPS) is 21.1. The second-order valence-corrected chi connectivity index (χ2v) is 16.6. The van der Waals surface area contributed by atoms with Crippen LogP contribution in [0.5, 0.6) is 0 Å². The topological polar surface area (TPSA) is 186 Å². The highest BCUT2D eigenvalue weighted by molar-refractivity contribution is 9.10. The lowest BCUT2D eigenvalue weighted by Gasteiger charge is -2.37. The summed E-state index contributed by atoms with van der Waals surface area (Å²) in [4.78, 5) is 96.5. The van der Waals surface area contributed by atoms with Crippen LogP contribution in [0.25, 0.3) is 0 Å². The molecule has 8 rings (SSSR count). The minimum absolute atomic E-state index is 0.00542. The number of amides is 6. The van der Waals surface area contributed by atoms with Crippen LogP contribution >= 0.6 is 15.9 Å². The molecule has 0 aliphatic carbocycles. The summed E-state index contributed by atoms with van der Waals surface area (Å²) < 4.78 is 1.76. The van der Waals surface area contributed by atoms with Gasteiger partial charge in [0, 0.05) is 82.1 Å². The van der Waals surface area contributed by atoms with E-state index in [9.17, 15) is 33.6 Å². The summed E-state index contributed by atoms with van der Waals surface area (Å²) in [5, 5.41) is 12.6. The molecule has 3 fully saturated rings. The number of nitrogens with zero attached hydrogens (tertiary/aromatic N) is 6. The predicted molar refractivity (Wildman–Crippen MR) is 225 cm³/mol. The van der Waals surface area contributed by atoms with Gasteiger partial charge in [-0.05, 0) is 95.3 Å². The van der Waals surface area contributed by atoms with Crippen molar-refractivity contribution in [2.24, 2.45) is 7.05 Å². The van der Waals surface area contributed by atoms with Gasteiger partial charge in [0.2, 0.25) is 11.8 Å². The van der Waals surface area contributed by atoms with Gasteiger partial charge in [-0.1, -0.05) is 24.3 Å². The lowest BCUT2D eigenvalue weighted by Crippen LogP contribution is -2.54. The van der Waals surface area contributed by atoms with E-state index in [0.717, 1.165) is 35.5 Å². The van der Waals surface area contributed by atoms with Gasteiger partial charge in [-0.2, -0.15) is 5.10 Å². The molecule has 4 aliphatic rings. The Kier molecular flexibility index (Phi) is 11.5. The van der Waals surface area contributed by atoms with Crippen LogP contribution in [0.3, 0.4) is 0 Å². The number of likely N-dealkylation sites (tertiary alicyclic amines) is 1. The first kappa shape index (κ1) is 40.7. The van der Waals surface area contributed by atoms with Gasteiger partial charge in [-0.25, -0.2) is 4.68 Å². The fraction of sp³-hybridized carbons (Fsp3) is 0.349. The number of aryl methyl sites for hydroxylation is 1. The molecule has 310 valence electrons. The molecule has 0 spiro atoms. The molecule has 3 N–H and O–H groups in total. The Hall–Kier alpha value is -6.04. The van der Waals surface area contributed by atoms with Crippen molar-refractivity contribution in [3.63, 3.8) is 0 Å². The van der Waals surface area contributed by atoms with Gasteiger partial charge in [0.1, 0.15) is 10.5 Å². The number of piperidine rings is 2. The Morgan fingerprint density at radius 3 is 2.27 bits per heavy atom. The number of halogens is 1. The molecular weight excluding hydrogens is 834 g/mol. The van der Waals surface area contributed by atoms with Crippen LogP contribution in [0, 0.1) is 0 Å². The molecule has 4 aliphatic heterocycles. The summed E-state index contributed by atoms with van der Waals surface area (Å²) in [5.41, 5.74) is 4.26. The number of aromatic nitrogens is 2. The van der Waals surface area contributed by atoms with Crippen molar-refractivity contribution in [3.8, 4) is 0 Å². The van der Waals surface area contributed by atoms with E-state index in [4.69, 9.17) is 0 Å². The first-order valence-electron chi connectivity index (χ1n) is 19.9. The molecule has 3 saturated heterocycles.